The van der Waals surface area contributed by atoms with E-state index in [1.165, 1.54) is 5.56 Å². The van der Waals surface area contributed by atoms with E-state index in [4.69, 9.17) is 16.3 Å². The van der Waals surface area contributed by atoms with Crippen LogP contribution in [0, 0.1) is 0 Å². The molecule has 1 aromatic heterocycles. The van der Waals surface area contributed by atoms with Gasteiger partial charge >= 0.3 is 0 Å². The summed E-state index contributed by atoms with van der Waals surface area (Å²) in [5.41, 5.74) is 2.19. The maximum absolute atomic E-state index is 5.79. The zero-order valence-corrected chi connectivity index (χ0v) is 10.0. The average molecular weight is 237 g/mol. The van der Waals surface area contributed by atoms with Gasteiger partial charge in [-0.3, -0.25) is 0 Å². The average Bonchev–Trinajstić information content (AvgIpc) is 2.74. The molecule has 0 saturated heterocycles. The Morgan fingerprint density at radius 2 is 2.25 bits per heavy atom. The summed E-state index contributed by atoms with van der Waals surface area (Å²) in [6.45, 7) is 2.11. The Kier molecular flexibility index (Phi) is 3.15. The van der Waals surface area contributed by atoms with E-state index in [0.717, 1.165) is 17.9 Å². The standard InChI is InChI=1S/C12H13ClN2O/c1-3-9-4-5-10(11(6-9)16-2)15-7-12(13)14-8-15/h4-8H,3H2,1-2H3. The molecule has 0 atom stereocenters. The van der Waals surface area contributed by atoms with Crippen molar-refractivity contribution in [3.05, 3.63) is 41.4 Å². The molecule has 84 valence electrons. The fourth-order valence-corrected chi connectivity index (χ4v) is 1.73. The molecule has 1 heterocycles. The van der Waals surface area contributed by atoms with Gasteiger partial charge in [0, 0.05) is 6.20 Å². The highest BCUT2D eigenvalue weighted by Crippen LogP contribution is 2.25. The lowest BCUT2D eigenvalue weighted by Crippen LogP contribution is -1.96. The summed E-state index contributed by atoms with van der Waals surface area (Å²) in [5, 5.41) is 0.474. The van der Waals surface area contributed by atoms with Gasteiger partial charge in [0.05, 0.1) is 12.8 Å². The van der Waals surface area contributed by atoms with Crippen molar-refractivity contribution in [2.45, 2.75) is 13.3 Å². The van der Waals surface area contributed by atoms with E-state index in [9.17, 15) is 0 Å². The number of nitrogens with zero attached hydrogens (tertiary/aromatic N) is 2. The van der Waals surface area contributed by atoms with Gasteiger partial charge in [0.25, 0.3) is 0 Å². The molecule has 0 amide bonds. The van der Waals surface area contributed by atoms with Crippen LogP contribution in [0.4, 0.5) is 0 Å². The summed E-state index contributed by atoms with van der Waals surface area (Å²) in [6, 6.07) is 6.12. The van der Waals surface area contributed by atoms with Crippen LogP contribution in [0.2, 0.25) is 5.15 Å². The molecule has 0 fully saturated rings. The normalized spacial score (nSPS) is 10.4. The highest BCUT2D eigenvalue weighted by molar-refractivity contribution is 6.29. The molecular weight excluding hydrogens is 224 g/mol. The van der Waals surface area contributed by atoms with Crippen LogP contribution >= 0.6 is 11.6 Å². The monoisotopic (exact) mass is 236 g/mol. The molecule has 1 aromatic carbocycles. The van der Waals surface area contributed by atoms with Crippen LogP contribution in [0.3, 0.4) is 0 Å². The van der Waals surface area contributed by atoms with Gasteiger partial charge in [-0.2, -0.15) is 0 Å². The van der Waals surface area contributed by atoms with Crippen molar-refractivity contribution < 1.29 is 4.74 Å². The third-order valence-electron chi connectivity index (χ3n) is 2.48. The van der Waals surface area contributed by atoms with E-state index in [-0.39, 0.29) is 0 Å². The van der Waals surface area contributed by atoms with Gasteiger partial charge < -0.3 is 9.30 Å². The number of ether oxygens (including phenoxy) is 1. The van der Waals surface area contributed by atoms with Crippen molar-refractivity contribution in [1.82, 2.24) is 9.55 Å². The molecule has 0 aliphatic rings. The molecule has 0 saturated carbocycles. The number of aromatic nitrogens is 2. The first-order valence-corrected chi connectivity index (χ1v) is 5.49. The van der Waals surface area contributed by atoms with E-state index in [2.05, 4.69) is 18.0 Å². The quantitative estimate of drug-likeness (QED) is 0.819. The molecule has 0 radical (unpaired) electrons. The van der Waals surface area contributed by atoms with Gasteiger partial charge in [-0.25, -0.2) is 4.98 Å². The van der Waals surface area contributed by atoms with E-state index >= 15 is 0 Å². The molecule has 0 aliphatic heterocycles. The van der Waals surface area contributed by atoms with Gasteiger partial charge in [-0.05, 0) is 24.1 Å². The molecular formula is C12H13ClN2O. The maximum Gasteiger partial charge on any atom is 0.147 e. The van der Waals surface area contributed by atoms with Crippen LogP contribution < -0.4 is 4.74 Å². The topological polar surface area (TPSA) is 27.1 Å². The van der Waals surface area contributed by atoms with Gasteiger partial charge in [-0.1, -0.05) is 24.6 Å². The van der Waals surface area contributed by atoms with Crippen LogP contribution in [0.25, 0.3) is 5.69 Å². The molecule has 2 rings (SSSR count). The van der Waals surface area contributed by atoms with Crippen LogP contribution in [0.15, 0.2) is 30.7 Å². The molecule has 0 bridgehead atoms. The van der Waals surface area contributed by atoms with Crippen molar-refractivity contribution >= 4 is 11.6 Å². The second kappa shape index (κ2) is 4.58. The Hall–Kier alpha value is -1.48. The van der Waals surface area contributed by atoms with Crippen LogP contribution in [-0.4, -0.2) is 16.7 Å². The molecule has 16 heavy (non-hydrogen) atoms. The number of methoxy groups -OCH3 is 1. The molecule has 0 aliphatic carbocycles. The van der Waals surface area contributed by atoms with Gasteiger partial charge in [0.2, 0.25) is 0 Å². The fourth-order valence-electron chi connectivity index (χ4n) is 1.59. The molecule has 3 nitrogen and oxygen atoms in total. The number of imidazole rings is 1. The smallest absolute Gasteiger partial charge is 0.147 e. The first-order chi connectivity index (χ1) is 7.74. The van der Waals surface area contributed by atoms with E-state index in [1.54, 1.807) is 19.6 Å². The molecule has 0 N–H and O–H groups in total. The zero-order chi connectivity index (χ0) is 11.5. The lowest BCUT2D eigenvalue weighted by molar-refractivity contribution is 0.412. The Morgan fingerprint density at radius 3 is 2.81 bits per heavy atom. The largest absolute Gasteiger partial charge is 0.495 e. The zero-order valence-electron chi connectivity index (χ0n) is 9.27. The molecule has 0 spiro atoms. The number of hydrogen-bond acceptors (Lipinski definition) is 2. The number of aryl methyl sites for hydroxylation is 1. The lowest BCUT2D eigenvalue weighted by Gasteiger charge is -2.10. The number of benzene rings is 1. The van der Waals surface area contributed by atoms with Gasteiger partial charge in [0.15, 0.2) is 0 Å². The van der Waals surface area contributed by atoms with E-state index < -0.39 is 0 Å². The van der Waals surface area contributed by atoms with Crippen LogP contribution in [0.1, 0.15) is 12.5 Å². The van der Waals surface area contributed by atoms with Crippen molar-refractivity contribution in [2.24, 2.45) is 0 Å². The Bertz CT molecular complexity index is 494. The minimum atomic E-state index is 0.474. The summed E-state index contributed by atoms with van der Waals surface area (Å²) in [6.07, 6.45) is 4.41. The first-order valence-electron chi connectivity index (χ1n) is 5.11. The van der Waals surface area contributed by atoms with Crippen molar-refractivity contribution in [3.63, 3.8) is 0 Å². The predicted molar refractivity (Wildman–Crippen MR) is 64.5 cm³/mol. The van der Waals surface area contributed by atoms with Crippen LogP contribution in [0.5, 0.6) is 5.75 Å². The predicted octanol–water partition coefficient (Wildman–Crippen LogP) is 3.10. The Morgan fingerprint density at radius 1 is 1.44 bits per heavy atom. The fraction of sp³-hybridized carbons (Fsp3) is 0.250. The van der Waals surface area contributed by atoms with Crippen molar-refractivity contribution in [1.29, 1.82) is 0 Å². The summed E-state index contributed by atoms with van der Waals surface area (Å²) in [7, 11) is 1.66. The number of halogens is 1. The van der Waals surface area contributed by atoms with Crippen LogP contribution in [-0.2, 0) is 6.42 Å². The Labute approximate surface area is 99.6 Å². The van der Waals surface area contributed by atoms with E-state index in [1.807, 2.05) is 16.7 Å². The summed E-state index contributed by atoms with van der Waals surface area (Å²) in [4.78, 5) is 3.98. The third-order valence-corrected chi connectivity index (χ3v) is 2.68. The lowest BCUT2D eigenvalue weighted by atomic mass is 10.1. The highest BCUT2D eigenvalue weighted by atomic mass is 35.5. The maximum atomic E-state index is 5.79. The summed E-state index contributed by atoms with van der Waals surface area (Å²) < 4.78 is 7.21. The molecule has 4 heteroatoms. The van der Waals surface area contributed by atoms with Gasteiger partial charge in [-0.15, -0.1) is 0 Å². The highest BCUT2D eigenvalue weighted by Gasteiger charge is 2.06. The van der Waals surface area contributed by atoms with E-state index in [0.29, 0.717) is 5.15 Å². The van der Waals surface area contributed by atoms with Crippen molar-refractivity contribution in [2.75, 3.05) is 7.11 Å². The third kappa shape index (κ3) is 2.04. The van der Waals surface area contributed by atoms with Crippen molar-refractivity contribution in [3.8, 4) is 11.4 Å². The minimum absolute atomic E-state index is 0.474. The number of hydrogen-bond donors (Lipinski definition) is 0. The van der Waals surface area contributed by atoms with Gasteiger partial charge in [0.1, 0.15) is 17.2 Å². The Balaban J connectivity index is 2.48. The second-order valence-corrected chi connectivity index (χ2v) is 3.85. The second-order valence-electron chi connectivity index (χ2n) is 3.46. The summed E-state index contributed by atoms with van der Waals surface area (Å²) >= 11 is 5.79. The minimum Gasteiger partial charge on any atom is -0.495 e. The SMILES string of the molecule is CCc1ccc(-n2cnc(Cl)c2)c(OC)c1. The first kappa shape index (κ1) is 11.0. The summed E-state index contributed by atoms with van der Waals surface area (Å²) in [5.74, 6) is 0.827. The number of rotatable bonds is 3. The molecule has 2 aromatic rings. The molecule has 0 unspecified atom stereocenters.